The number of likely N-dealkylation sites (N-methyl/N-ethyl adjacent to an activating group) is 1. The third-order valence-electron chi connectivity index (χ3n) is 15.0. The second-order valence-corrected chi connectivity index (χ2v) is 20.2. The van der Waals surface area contributed by atoms with Crippen molar-refractivity contribution in [2.45, 2.75) is 57.8 Å². The van der Waals surface area contributed by atoms with Crippen LogP contribution in [0, 0.1) is 24.1 Å². The zero-order chi connectivity index (χ0) is 55.3. The van der Waals surface area contributed by atoms with Gasteiger partial charge in [0.15, 0.2) is 0 Å². The van der Waals surface area contributed by atoms with Gasteiger partial charge >= 0.3 is 12.0 Å². The van der Waals surface area contributed by atoms with Crippen molar-refractivity contribution in [1.82, 2.24) is 29.7 Å². The Labute approximate surface area is 462 Å². The minimum atomic E-state index is -1.10. The fourth-order valence-electron chi connectivity index (χ4n) is 11.0. The van der Waals surface area contributed by atoms with Gasteiger partial charge in [-0.2, -0.15) is 15.2 Å². The van der Waals surface area contributed by atoms with Crippen LogP contribution in [0.3, 0.4) is 0 Å². The van der Waals surface area contributed by atoms with Crippen LogP contribution in [-0.2, 0) is 24.3 Å². The fourth-order valence-corrected chi connectivity index (χ4v) is 11.1. The first-order chi connectivity index (χ1) is 38.3. The molecule has 79 heavy (non-hydrogen) atoms. The Morgan fingerprint density at radius 3 is 2.51 bits per heavy atom. The largest absolute Gasteiger partial charge is 0.496 e. The van der Waals surface area contributed by atoms with Crippen molar-refractivity contribution in [2.24, 2.45) is 4.99 Å². The summed E-state index contributed by atoms with van der Waals surface area (Å²) >= 11 is 6.35. The van der Waals surface area contributed by atoms with Crippen LogP contribution in [0.4, 0.5) is 27.5 Å². The van der Waals surface area contributed by atoms with Crippen LogP contribution in [0.5, 0.6) is 17.5 Å². The SMILES string of the molecule is C=CC(=O)N1CCN(c2nc(OCC3CCCN3C)nc3c2CCN(c2cccc4cccc(C)c24)C3)CC1CC#N.COc1cc(Nc2ncc3c(n2)-c2ccc(Cl)cc2C(c2c(F)cccc2OC)=NC3)ccc1C(=O)O. The number of aryl methyl sites for hydroxylation is 1. The number of ether oxygens (including phenoxy) is 3. The summed E-state index contributed by atoms with van der Waals surface area (Å²) in [5, 5.41) is 24.9. The number of methoxy groups -OCH3 is 2. The Morgan fingerprint density at radius 1 is 0.937 bits per heavy atom. The summed E-state index contributed by atoms with van der Waals surface area (Å²) in [7, 11) is 5.02. The van der Waals surface area contributed by atoms with E-state index >= 15 is 4.39 Å². The average Bonchev–Trinajstić information content (AvgIpc) is 4.06. The molecule has 4 aliphatic heterocycles. The first-order valence-corrected chi connectivity index (χ1v) is 26.5. The molecule has 11 rings (SSSR count). The fraction of sp³-hybridized carbons (Fsp3) is 0.300. The van der Waals surface area contributed by atoms with E-state index in [9.17, 15) is 20.0 Å². The number of halogens is 2. The molecule has 2 atom stereocenters. The second kappa shape index (κ2) is 23.5. The number of fused-ring (bicyclic) bond motifs is 5. The molecule has 17 nitrogen and oxygen atoms in total. The Balaban J connectivity index is 0.000000180. The summed E-state index contributed by atoms with van der Waals surface area (Å²) in [6.07, 6.45) is 6.33. The van der Waals surface area contributed by atoms with Gasteiger partial charge in [0.05, 0.1) is 68.5 Å². The van der Waals surface area contributed by atoms with E-state index in [1.54, 1.807) is 47.5 Å². The number of carboxylic acid groups (broad SMARTS) is 1. The number of nitrogens with zero attached hydrogens (tertiary/aromatic N) is 10. The number of carbonyl (C=O) groups is 2. The predicted octanol–water partition coefficient (Wildman–Crippen LogP) is 9.84. The Bertz CT molecular complexity index is 3570. The molecule has 19 heteroatoms. The Morgan fingerprint density at radius 2 is 1.75 bits per heavy atom. The lowest BCUT2D eigenvalue weighted by Gasteiger charge is -2.42. The van der Waals surface area contributed by atoms with Crippen molar-refractivity contribution in [1.29, 1.82) is 5.26 Å². The maximum Gasteiger partial charge on any atom is 0.339 e. The number of likely N-dealkylation sites (tertiary alicyclic amines) is 1. The van der Waals surface area contributed by atoms with Gasteiger partial charge in [0.1, 0.15) is 35.3 Å². The van der Waals surface area contributed by atoms with E-state index < -0.39 is 11.8 Å². The minimum Gasteiger partial charge on any atom is -0.496 e. The van der Waals surface area contributed by atoms with Gasteiger partial charge in [-0.25, -0.2) is 19.2 Å². The van der Waals surface area contributed by atoms with Crippen molar-refractivity contribution >= 4 is 63.1 Å². The molecule has 6 heterocycles. The summed E-state index contributed by atoms with van der Waals surface area (Å²) in [6, 6.07) is 30.2. The number of aromatic carboxylic acids is 1. The number of nitriles is 1. The molecule has 404 valence electrons. The molecule has 0 radical (unpaired) electrons. The predicted molar refractivity (Wildman–Crippen MR) is 303 cm³/mol. The Kier molecular flexibility index (Phi) is 16.0. The van der Waals surface area contributed by atoms with E-state index in [0.29, 0.717) is 83.8 Å². The zero-order valence-corrected chi connectivity index (χ0v) is 45.1. The zero-order valence-electron chi connectivity index (χ0n) is 44.4. The molecule has 2 fully saturated rings. The van der Waals surface area contributed by atoms with Crippen molar-refractivity contribution in [2.75, 3.05) is 75.7 Å². The average molecular weight is 1080 g/mol. The summed E-state index contributed by atoms with van der Waals surface area (Å²) in [4.78, 5) is 56.5. The van der Waals surface area contributed by atoms with E-state index in [-0.39, 0.29) is 47.7 Å². The standard InChI is InChI=1S/C33H39N7O2.C27H20ClFN4O4/c1-4-30(41)40-19-18-39(20-25(40)13-15-34)32-27-14-17-38(29-12-6-10-24-9-5-8-23(2)31(24)29)21-28(27)35-33(36-32)42-22-26-11-7-16-37(26)3;1-36-21-5-3-4-20(29)23(21)25-19-10-15(28)6-8-17(19)24-14(12-30-25)13-31-27(33-24)32-16-7-9-18(26(34)35)22(11-16)37-2/h4-6,8-10,12,25-26H,1,7,11,13-14,16-22H2,2-3H3;3-11,13H,12H2,1-2H3,(H,34,35)(H,31,32,33). The molecule has 0 bridgehead atoms. The molecular formula is C60H59ClFN11O6. The highest BCUT2D eigenvalue weighted by atomic mass is 35.5. The van der Waals surface area contributed by atoms with E-state index in [2.05, 4.69) is 88.0 Å². The molecule has 1 amide bonds. The van der Waals surface area contributed by atoms with Crippen LogP contribution in [0.2, 0.25) is 5.02 Å². The number of piperazine rings is 1. The number of benzene rings is 5. The molecular weight excluding hydrogens is 1030 g/mol. The lowest BCUT2D eigenvalue weighted by molar-refractivity contribution is -0.128. The second-order valence-electron chi connectivity index (χ2n) is 19.7. The van der Waals surface area contributed by atoms with Gasteiger partial charge in [-0.1, -0.05) is 60.6 Å². The molecule has 2 unspecified atom stereocenters. The minimum absolute atomic E-state index is 0.0370. The van der Waals surface area contributed by atoms with E-state index in [1.807, 2.05) is 6.07 Å². The van der Waals surface area contributed by atoms with Crippen molar-refractivity contribution < 1.29 is 33.3 Å². The number of rotatable bonds is 13. The number of aromatic nitrogens is 4. The first-order valence-electron chi connectivity index (χ1n) is 26.1. The third-order valence-corrected chi connectivity index (χ3v) is 15.2. The molecule has 2 aromatic heterocycles. The highest BCUT2D eigenvalue weighted by Gasteiger charge is 2.34. The van der Waals surface area contributed by atoms with Crippen molar-refractivity contribution in [3.8, 4) is 34.8 Å². The molecule has 2 N–H and O–H groups in total. The summed E-state index contributed by atoms with van der Waals surface area (Å²) in [6.45, 7) is 10.9. The van der Waals surface area contributed by atoms with Gasteiger partial charge in [-0.3, -0.25) is 9.79 Å². The maximum absolute atomic E-state index is 15.0. The van der Waals surface area contributed by atoms with Crippen molar-refractivity contribution in [3.63, 3.8) is 0 Å². The molecule has 2 saturated heterocycles. The number of anilines is 4. The van der Waals surface area contributed by atoms with Crippen molar-refractivity contribution in [3.05, 3.63) is 160 Å². The first kappa shape index (κ1) is 53.7. The molecule has 4 aliphatic rings. The third kappa shape index (κ3) is 11.2. The molecule has 0 aliphatic carbocycles. The highest BCUT2D eigenvalue weighted by molar-refractivity contribution is 6.31. The Hall–Kier alpha value is -8.66. The van der Waals surface area contributed by atoms with E-state index in [1.165, 1.54) is 60.9 Å². The normalized spacial score (nSPS) is 16.7. The monoisotopic (exact) mass is 1080 g/mol. The number of hydrogen-bond acceptors (Lipinski definition) is 15. The maximum atomic E-state index is 15.0. The van der Waals surface area contributed by atoms with Gasteiger partial charge in [-0.05, 0) is 99.3 Å². The van der Waals surface area contributed by atoms with Crippen LogP contribution >= 0.6 is 11.6 Å². The van der Waals surface area contributed by atoms with Gasteiger partial charge in [0, 0.05) is 88.5 Å². The van der Waals surface area contributed by atoms with Crippen LogP contribution in [0.15, 0.2) is 115 Å². The molecule has 0 saturated carbocycles. The molecule has 7 aromatic rings. The van der Waals surface area contributed by atoms with Gasteiger partial charge in [-0.15, -0.1) is 0 Å². The summed E-state index contributed by atoms with van der Waals surface area (Å²) in [5.74, 6) is -0.00409. The number of amides is 1. The van der Waals surface area contributed by atoms with Gasteiger partial charge in [0.25, 0.3) is 0 Å². The summed E-state index contributed by atoms with van der Waals surface area (Å²) < 4.78 is 32.0. The highest BCUT2D eigenvalue weighted by Crippen LogP contribution is 2.39. The van der Waals surface area contributed by atoms with Gasteiger partial charge < -0.3 is 44.2 Å². The van der Waals surface area contributed by atoms with Gasteiger partial charge in [0.2, 0.25) is 11.9 Å². The number of carboxylic acids is 1. The quantitative estimate of drug-likeness (QED) is 0.104. The van der Waals surface area contributed by atoms with E-state index in [0.717, 1.165) is 48.6 Å². The number of hydrogen-bond donors (Lipinski definition) is 2. The van der Waals surface area contributed by atoms with E-state index in [4.69, 9.17) is 45.8 Å². The van der Waals surface area contributed by atoms with Crippen LogP contribution < -0.4 is 29.3 Å². The lowest BCUT2D eigenvalue weighted by Crippen LogP contribution is -2.55. The number of nitrogens with one attached hydrogen (secondary N) is 1. The number of carbonyl (C=O) groups excluding carboxylic acids is 1. The molecule has 5 aromatic carbocycles. The lowest BCUT2D eigenvalue weighted by atomic mass is 9.94. The topological polar surface area (TPSA) is 195 Å². The van der Waals surface area contributed by atoms with Crippen LogP contribution in [-0.4, -0.2) is 125 Å². The molecule has 0 spiro atoms. The summed E-state index contributed by atoms with van der Waals surface area (Å²) in [5.41, 5.74) is 8.44. The smallest absolute Gasteiger partial charge is 0.339 e. The number of aliphatic imine (C=N–C) groups is 1. The van der Waals surface area contributed by atoms with Crippen LogP contribution in [0.1, 0.15) is 63.1 Å². The van der Waals surface area contributed by atoms with Crippen LogP contribution in [0.25, 0.3) is 22.0 Å².